The molecule has 4 aromatic carbocycles. The molecule has 0 radical (unpaired) electrons. The van der Waals surface area contributed by atoms with Crippen LogP contribution >= 0.6 is 41.1 Å². The van der Waals surface area contributed by atoms with Crippen LogP contribution in [0.15, 0.2) is 131 Å². The molecule has 0 atom stereocenters. The highest BCUT2D eigenvalue weighted by atomic mass is 32.1. The largest absolute Gasteiger partial charge is 0.141 e. The van der Waals surface area contributed by atoms with Gasteiger partial charge >= 0.3 is 0 Å². The van der Waals surface area contributed by atoms with Crippen molar-refractivity contribution >= 4 is 62.3 Å². The minimum atomic E-state index is -0.781. The molecule has 0 bridgehead atoms. The van der Waals surface area contributed by atoms with Crippen LogP contribution in [0, 0.1) is 0 Å². The van der Waals surface area contributed by atoms with Crippen LogP contribution in [-0.4, -0.2) is 0 Å². The molecular weight excluding hydrogens is 438 g/mol. The first-order valence-corrected chi connectivity index (χ1v) is 13.3. The Bertz CT molecular complexity index is 929. The fraction of sp³-hybridized carbons (Fsp3) is 0. The van der Waals surface area contributed by atoms with Gasteiger partial charge in [0, 0.05) is 9.29 Å². The second kappa shape index (κ2) is 10.5. The van der Waals surface area contributed by atoms with E-state index in [-0.39, 0.29) is 0 Å². The molecule has 0 aliphatic heterocycles. The minimum absolute atomic E-state index is 0.781. The molecule has 0 aliphatic carbocycles. The van der Waals surface area contributed by atoms with E-state index in [0.29, 0.717) is 0 Å². The summed E-state index contributed by atoms with van der Waals surface area (Å²) in [6.45, 7) is 0. The molecule has 0 N–H and O–H groups in total. The smallest absolute Gasteiger partial charge is 0.0285 e. The zero-order valence-corrected chi connectivity index (χ0v) is 19.9. The Hall–Kier alpha value is -1.82. The van der Waals surface area contributed by atoms with Crippen LogP contribution in [0.3, 0.4) is 0 Å². The van der Waals surface area contributed by atoms with Gasteiger partial charge < -0.3 is 0 Å². The predicted molar refractivity (Wildman–Crippen MR) is 143 cm³/mol. The van der Waals surface area contributed by atoms with Crippen LogP contribution < -0.4 is 21.2 Å². The Morgan fingerprint density at radius 2 is 0.567 bits per heavy atom. The maximum absolute atomic E-state index is 5.13. The Labute approximate surface area is 192 Å². The fourth-order valence-corrected chi connectivity index (χ4v) is 9.74. The molecule has 0 saturated carbocycles. The molecule has 0 nitrogen and oxygen atoms in total. The quantitative estimate of drug-likeness (QED) is 0.247. The summed E-state index contributed by atoms with van der Waals surface area (Å²) in [6, 6.07) is 42.6. The highest BCUT2D eigenvalue weighted by Crippen LogP contribution is 2.56. The molecule has 0 aliphatic rings. The third-order valence-corrected chi connectivity index (χ3v) is 11.6. The van der Waals surface area contributed by atoms with Gasteiger partial charge in [-0.25, -0.2) is 0 Å². The maximum Gasteiger partial charge on any atom is 0.0285 e. The molecule has 0 spiro atoms. The average molecular weight is 461 g/mol. The van der Waals surface area contributed by atoms with Gasteiger partial charge in [0.15, 0.2) is 0 Å². The summed E-state index contributed by atoms with van der Waals surface area (Å²) in [4.78, 5) is 0. The van der Waals surface area contributed by atoms with E-state index in [4.69, 9.17) is 25.3 Å². The second-order valence-corrected chi connectivity index (χ2v) is 12.6. The molecular formula is C26H22P2S2. The highest BCUT2D eigenvalue weighted by molar-refractivity contribution is 8.06. The van der Waals surface area contributed by atoms with E-state index in [0.717, 1.165) is 9.29 Å². The Morgan fingerprint density at radius 3 is 0.767 bits per heavy atom. The second-order valence-electron chi connectivity index (χ2n) is 6.66. The van der Waals surface area contributed by atoms with Gasteiger partial charge in [-0.3, -0.25) is 0 Å². The lowest BCUT2D eigenvalue weighted by Crippen LogP contribution is -2.15. The molecule has 0 amide bonds. The first-order valence-electron chi connectivity index (χ1n) is 9.68. The predicted octanol–water partition coefficient (Wildman–Crippen LogP) is 6.24. The maximum atomic E-state index is 5.13. The van der Waals surface area contributed by atoms with Crippen molar-refractivity contribution in [1.29, 1.82) is 0 Å². The van der Waals surface area contributed by atoms with Crippen molar-refractivity contribution in [2.75, 3.05) is 0 Å². The zero-order chi connectivity index (χ0) is 20.8. The summed E-state index contributed by atoms with van der Waals surface area (Å²) in [5.74, 6) is 0. The number of benzene rings is 4. The molecule has 4 aromatic rings. The average Bonchev–Trinajstić information content (AvgIpc) is 2.82. The van der Waals surface area contributed by atoms with Crippen LogP contribution in [0.4, 0.5) is 0 Å². The van der Waals surface area contributed by atoms with E-state index >= 15 is 0 Å². The van der Waals surface area contributed by atoms with Crippen LogP contribution in [0.25, 0.3) is 0 Å². The zero-order valence-electron chi connectivity index (χ0n) is 16.3. The molecule has 4 heteroatoms. The van der Waals surface area contributed by atoms with Gasteiger partial charge in [0.05, 0.1) is 0 Å². The van der Waals surface area contributed by atoms with Gasteiger partial charge in [0.1, 0.15) is 0 Å². The Morgan fingerprint density at radius 1 is 0.367 bits per heavy atom. The summed E-state index contributed by atoms with van der Waals surface area (Å²) >= 11 is 10.3. The van der Waals surface area contributed by atoms with Crippen molar-refractivity contribution in [3.63, 3.8) is 0 Å². The summed E-state index contributed by atoms with van der Waals surface area (Å²) < 4.78 is 2.12. The lowest BCUT2D eigenvalue weighted by atomic mass is 10.4. The van der Waals surface area contributed by atoms with Crippen molar-refractivity contribution in [3.05, 3.63) is 131 Å². The third kappa shape index (κ3) is 4.90. The van der Waals surface area contributed by atoms with Crippen molar-refractivity contribution < 1.29 is 0 Å². The Balaban J connectivity index is 1.88. The molecule has 30 heavy (non-hydrogen) atoms. The van der Waals surface area contributed by atoms with Crippen molar-refractivity contribution in [2.45, 2.75) is 0 Å². The van der Waals surface area contributed by atoms with E-state index in [9.17, 15) is 0 Å². The van der Waals surface area contributed by atoms with E-state index in [1.54, 1.807) is 0 Å². The van der Waals surface area contributed by atoms with Crippen LogP contribution in [0.2, 0.25) is 0 Å². The molecule has 0 saturated heterocycles. The van der Waals surface area contributed by atoms with Gasteiger partial charge in [0.25, 0.3) is 0 Å². The van der Waals surface area contributed by atoms with E-state index < -0.39 is 15.8 Å². The van der Waals surface area contributed by atoms with Gasteiger partial charge in [0.2, 0.25) is 0 Å². The standard InChI is InChI=1S/C26H22P2S2/c29-25(27(21-13-5-1-6-14-21)22-15-7-2-8-16-22)26(30)28(23-17-9-3-10-18-23)24-19-11-4-12-20-24/h1-20,29-30H/b26-25+. The van der Waals surface area contributed by atoms with Crippen LogP contribution in [-0.2, 0) is 0 Å². The first kappa shape index (κ1) is 21.4. The van der Waals surface area contributed by atoms with Crippen LogP contribution in [0.1, 0.15) is 0 Å². The van der Waals surface area contributed by atoms with Gasteiger partial charge in [-0.05, 0) is 37.1 Å². The topological polar surface area (TPSA) is 0 Å². The lowest BCUT2D eigenvalue weighted by Gasteiger charge is -2.25. The molecule has 4 rings (SSSR count). The Kier molecular flexibility index (Phi) is 7.47. The summed E-state index contributed by atoms with van der Waals surface area (Å²) in [5.41, 5.74) is 0. The SMILES string of the molecule is S/C(=C(/S)P(c1ccccc1)c1ccccc1)P(c1ccccc1)c1ccccc1. The summed E-state index contributed by atoms with van der Waals surface area (Å²) in [6.07, 6.45) is 0. The van der Waals surface area contributed by atoms with Gasteiger partial charge in [-0.1, -0.05) is 121 Å². The molecule has 148 valence electrons. The minimum Gasteiger partial charge on any atom is -0.141 e. The number of rotatable bonds is 6. The highest BCUT2D eigenvalue weighted by Gasteiger charge is 2.24. The van der Waals surface area contributed by atoms with E-state index in [1.165, 1.54) is 21.2 Å². The first-order chi connectivity index (χ1) is 14.8. The van der Waals surface area contributed by atoms with Crippen molar-refractivity contribution in [1.82, 2.24) is 0 Å². The van der Waals surface area contributed by atoms with Crippen LogP contribution in [0.5, 0.6) is 0 Å². The summed E-state index contributed by atoms with van der Waals surface area (Å²) in [5, 5.41) is 5.13. The lowest BCUT2D eigenvalue weighted by molar-refractivity contribution is 1.75. The fourth-order valence-electron chi connectivity index (χ4n) is 3.30. The summed E-state index contributed by atoms with van der Waals surface area (Å²) in [7, 11) is -1.56. The molecule has 0 aromatic heterocycles. The molecule has 0 heterocycles. The van der Waals surface area contributed by atoms with Gasteiger partial charge in [-0.2, -0.15) is 0 Å². The normalized spacial score (nSPS) is 12.1. The van der Waals surface area contributed by atoms with E-state index in [1.807, 2.05) is 0 Å². The number of hydrogen-bond acceptors (Lipinski definition) is 2. The van der Waals surface area contributed by atoms with Crippen molar-refractivity contribution in [3.8, 4) is 0 Å². The monoisotopic (exact) mass is 460 g/mol. The number of hydrogen-bond donors (Lipinski definition) is 2. The molecule has 0 fully saturated rings. The third-order valence-electron chi connectivity index (χ3n) is 4.68. The number of thiol groups is 2. The molecule has 0 unspecified atom stereocenters. The van der Waals surface area contributed by atoms with E-state index in [2.05, 4.69) is 121 Å². The van der Waals surface area contributed by atoms with Crippen molar-refractivity contribution in [2.24, 2.45) is 0 Å². The van der Waals surface area contributed by atoms with Gasteiger partial charge in [-0.15, -0.1) is 25.3 Å².